The minimum Gasteiger partial charge on any atom is -0.356 e. The summed E-state index contributed by atoms with van der Waals surface area (Å²) in [4.78, 5) is 26.0. The second-order valence-electron chi connectivity index (χ2n) is 6.99. The molecule has 0 aromatic heterocycles. The largest absolute Gasteiger partial charge is 0.416 e. The number of carbonyl (C=O) groups excluding carboxylic acids is 2. The van der Waals surface area contributed by atoms with Crippen LogP contribution in [-0.2, 0) is 22.2 Å². The van der Waals surface area contributed by atoms with Crippen molar-refractivity contribution in [1.82, 2.24) is 10.2 Å². The van der Waals surface area contributed by atoms with E-state index in [1.807, 2.05) is 13.8 Å². The fourth-order valence-electron chi connectivity index (χ4n) is 3.06. The average molecular weight is 370 g/mol. The lowest BCUT2D eigenvalue weighted by Crippen LogP contribution is -2.44. The highest BCUT2D eigenvalue weighted by molar-refractivity contribution is 5.80. The summed E-state index contributed by atoms with van der Waals surface area (Å²) in [6.45, 7) is 5.29. The van der Waals surface area contributed by atoms with Crippen LogP contribution in [0.5, 0.6) is 0 Å². The summed E-state index contributed by atoms with van der Waals surface area (Å²) in [5.74, 6) is -0.0809. The van der Waals surface area contributed by atoms with Crippen LogP contribution in [-0.4, -0.2) is 36.3 Å². The van der Waals surface area contributed by atoms with E-state index in [9.17, 15) is 22.8 Å². The number of nitrogens with zero attached hydrogens (tertiary/aromatic N) is 1. The van der Waals surface area contributed by atoms with Crippen LogP contribution < -0.4 is 5.32 Å². The molecule has 0 spiro atoms. The van der Waals surface area contributed by atoms with Crippen LogP contribution in [0.3, 0.4) is 0 Å². The van der Waals surface area contributed by atoms with E-state index in [2.05, 4.69) is 5.32 Å². The fourth-order valence-corrected chi connectivity index (χ4v) is 3.06. The molecule has 1 saturated heterocycles. The Morgan fingerprint density at radius 2 is 1.73 bits per heavy atom. The summed E-state index contributed by atoms with van der Waals surface area (Å²) in [6, 6.07) is 4.98. The van der Waals surface area contributed by atoms with Gasteiger partial charge in [-0.25, -0.2) is 0 Å². The van der Waals surface area contributed by atoms with E-state index in [0.29, 0.717) is 38.9 Å². The van der Waals surface area contributed by atoms with Gasteiger partial charge in [0, 0.05) is 31.5 Å². The van der Waals surface area contributed by atoms with E-state index in [1.165, 1.54) is 12.1 Å². The molecule has 0 radical (unpaired) electrons. The van der Waals surface area contributed by atoms with Crippen molar-refractivity contribution in [2.75, 3.05) is 19.6 Å². The maximum absolute atomic E-state index is 12.5. The first-order valence-corrected chi connectivity index (χ1v) is 8.91. The molecule has 2 rings (SSSR count). The summed E-state index contributed by atoms with van der Waals surface area (Å²) in [5, 5.41) is 2.85. The Morgan fingerprint density at radius 1 is 1.15 bits per heavy atom. The molecule has 144 valence electrons. The highest BCUT2D eigenvalue weighted by Gasteiger charge is 2.30. The standard InChI is InChI=1S/C19H25F3N2O2/c1-13(2)18(26)24-11-8-15(9-12-24)17(25)23-10-7-14-3-5-16(6-4-14)19(20,21)22/h3-6,13,15H,7-12H2,1-2H3,(H,23,25). The van der Waals surface area contributed by atoms with Crippen LogP contribution in [0.1, 0.15) is 37.8 Å². The van der Waals surface area contributed by atoms with Crippen molar-refractivity contribution in [2.24, 2.45) is 11.8 Å². The van der Waals surface area contributed by atoms with Crippen molar-refractivity contribution in [1.29, 1.82) is 0 Å². The summed E-state index contributed by atoms with van der Waals surface area (Å²) >= 11 is 0. The summed E-state index contributed by atoms with van der Waals surface area (Å²) in [6.07, 6.45) is -2.57. The molecule has 7 heteroatoms. The van der Waals surface area contributed by atoms with Gasteiger partial charge in [-0.15, -0.1) is 0 Å². The Kier molecular flexibility index (Phi) is 6.67. The zero-order chi connectivity index (χ0) is 19.3. The number of hydrogen-bond donors (Lipinski definition) is 1. The smallest absolute Gasteiger partial charge is 0.356 e. The van der Waals surface area contributed by atoms with Gasteiger partial charge in [0.15, 0.2) is 0 Å². The molecule has 0 bridgehead atoms. The van der Waals surface area contributed by atoms with Crippen molar-refractivity contribution in [3.05, 3.63) is 35.4 Å². The number of halogens is 3. The number of hydrogen-bond acceptors (Lipinski definition) is 2. The third kappa shape index (κ3) is 5.47. The second kappa shape index (κ2) is 8.56. The van der Waals surface area contributed by atoms with Crippen molar-refractivity contribution >= 4 is 11.8 Å². The van der Waals surface area contributed by atoms with E-state index >= 15 is 0 Å². The number of piperidine rings is 1. The maximum atomic E-state index is 12.5. The Labute approximate surface area is 151 Å². The van der Waals surface area contributed by atoms with Gasteiger partial charge in [0.05, 0.1) is 5.56 Å². The van der Waals surface area contributed by atoms with Crippen LogP contribution in [0.15, 0.2) is 24.3 Å². The number of alkyl halides is 3. The molecule has 1 N–H and O–H groups in total. The first-order valence-electron chi connectivity index (χ1n) is 8.91. The van der Waals surface area contributed by atoms with Gasteiger partial charge in [-0.2, -0.15) is 13.2 Å². The Morgan fingerprint density at radius 3 is 2.23 bits per heavy atom. The average Bonchev–Trinajstić information content (AvgIpc) is 2.60. The molecule has 0 aliphatic carbocycles. The van der Waals surface area contributed by atoms with Crippen LogP contribution in [0.2, 0.25) is 0 Å². The van der Waals surface area contributed by atoms with Crippen LogP contribution in [0.25, 0.3) is 0 Å². The first kappa shape index (κ1) is 20.3. The van der Waals surface area contributed by atoms with Gasteiger partial charge in [-0.1, -0.05) is 26.0 Å². The van der Waals surface area contributed by atoms with Crippen molar-refractivity contribution in [3.63, 3.8) is 0 Å². The molecule has 1 fully saturated rings. The Hall–Kier alpha value is -2.05. The summed E-state index contributed by atoms with van der Waals surface area (Å²) < 4.78 is 37.6. The quantitative estimate of drug-likeness (QED) is 0.865. The molecule has 1 heterocycles. The molecule has 4 nitrogen and oxygen atoms in total. The predicted octanol–water partition coefficient (Wildman–Crippen LogP) is 3.26. The van der Waals surface area contributed by atoms with Gasteiger partial charge < -0.3 is 10.2 Å². The van der Waals surface area contributed by atoms with Crippen molar-refractivity contribution < 1.29 is 22.8 Å². The molecular formula is C19H25F3N2O2. The lowest BCUT2D eigenvalue weighted by molar-refractivity contribution is -0.138. The van der Waals surface area contributed by atoms with Crippen molar-refractivity contribution in [3.8, 4) is 0 Å². The van der Waals surface area contributed by atoms with Gasteiger partial charge >= 0.3 is 6.18 Å². The Bertz CT molecular complexity index is 619. The zero-order valence-corrected chi connectivity index (χ0v) is 15.1. The summed E-state index contributed by atoms with van der Waals surface area (Å²) in [5.41, 5.74) is 0.0728. The summed E-state index contributed by atoms with van der Waals surface area (Å²) in [7, 11) is 0. The molecule has 2 amide bonds. The predicted molar refractivity (Wildman–Crippen MR) is 92.3 cm³/mol. The third-order valence-electron chi connectivity index (χ3n) is 4.67. The van der Waals surface area contributed by atoms with Gasteiger partial charge in [-0.05, 0) is 37.0 Å². The number of rotatable bonds is 5. The second-order valence-corrected chi connectivity index (χ2v) is 6.99. The number of likely N-dealkylation sites (tertiary alicyclic amines) is 1. The Balaban J connectivity index is 1.73. The molecule has 1 aromatic rings. The molecule has 0 unspecified atom stereocenters. The van der Waals surface area contributed by atoms with Gasteiger partial charge in [-0.3, -0.25) is 9.59 Å². The third-order valence-corrected chi connectivity index (χ3v) is 4.67. The van der Waals surface area contributed by atoms with Crippen LogP contribution in [0, 0.1) is 11.8 Å². The van der Waals surface area contributed by atoms with E-state index in [4.69, 9.17) is 0 Å². The number of nitrogens with one attached hydrogen (secondary N) is 1. The lowest BCUT2D eigenvalue weighted by Gasteiger charge is -2.32. The van der Waals surface area contributed by atoms with Crippen LogP contribution in [0.4, 0.5) is 13.2 Å². The molecule has 0 atom stereocenters. The van der Waals surface area contributed by atoms with Crippen molar-refractivity contribution in [2.45, 2.75) is 39.3 Å². The minimum absolute atomic E-state index is 0.0379. The van der Waals surface area contributed by atoms with E-state index in [1.54, 1.807) is 4.90 Å². The molecule has 26 heavy (non-hydrogen) atoms. The molecular weight excluding hydrogens is 345 g/mol. The van der Waals surface area contributed by atoms with E-state index < -0.39 is 11.7 Å². The molecule has 1 aliphatic heterocycles. The van der Waals surface area contributed by atoms with E-state index in [0.717, 1.165) is 17.7 Å². The topological polar surface area (TPSA) is 49.4 Å². The minimum atomic E-state index is -4.33. The van der Waals surface area contributed by atoms with Gasteiger partial charge in [0.2, 0.25) is 11.8 Å². The van der Waals surface area contributed by atoms with E-state index in [-0.39, 0.29) is 23.7 Å². The monoisotopic (exact) mass is 370 g/mol. The normalized spacial score (nSPS) is 16.0. The highest BCUT2D eigenvalue weighted by atomic mass is 19.4. The molecule has 1 aromatic carbocycles. The number of benzene rings is 1. The zero-order valence-electron chi connectivity index (χ0n) is 15.1. The number of carbonyl (C=O) groups is 2. The number of amides is 2. The first-order chi connectivity index (χ1) is 12.2. The fraction of sp³-hybridized carbons (Fsp3) is 0.579. The van der Waals surface area contributed by atoms with Gasteiger partial charge in [0.25, 0.3) is 0 Å². The molecule has 0 saturated carbocycles. The lowest BCUT2D eigenvalue weighted by atomic mass is 9.95. The van der Waals surface area contributed by atoms with Gasteiger partial charge in [0.1, 0.15) is 0 Å². The highest BCUT2D eigenvalue weighted by Crippen LogP contribution is 2.29. The SMILES string of the molecule is CC(C)C(=O)N1CCC(C(=O)NCCc2ccc(C(F)(F)F)cc2)CC1. The maximum Gasteiger partial charge on any atom is 0.416 e. The van der Waals surface area contributed by atoms with Crippen LogP contribution >= 0.6 is 0 Å². The molecule has 1 aliphatic rings.